The Morgan fingerprint density at radius 3 is 2.37 bits per heavy atom. The average molecular weight is 485 g/mol. The second kappa shape index (κ2) is 7.81. The van der Waals surface area contributed by atoms with Crippen LogP contribution in [-0.4, -0.2) is 72.9 Å². The number of allylic oxidation sites excluding steroid dienone is 1. The van der Waals surface area contributed by atoms with Crippen LogP contribution in [0.4, 0.5) is 0 Å². The van der Waals surface area contributed by atoms with Crippen LogP contribution in [0.5, 0.6) is 0 Å². The van der Waals surface area contributed by atoms with Gasteiger partial charge in [0, 0.05) is 24.1 Å². The number of carbonyl (C=O) groups is 4. The largest absolute Gasteiger partial charge is 0.469 e. The van der Waals surface area contributed by atoms with Crippen LogP contribution in [0.2, 0.25) is 0 Å². The van der Waals surface area contributed by atoms with Gasteiger partial charge in [0.15, 0.2) is 0 Å². The van der Waals surface area contributed by atoms with Gasteiger partial charge < -0.3 is 23.8 Å². The van der Waals surface area contributed by atoms with Crippen LogP contribution in [0.25, 0.3) is 0 Å². The summed E-state index contributed by atoms with van der Waals surface area (Å²) in [5, 5.41) is 0. The highest BCUT2D eigenvalue weighted by molar-refractivity contribution is 6.10. The summed E-state index contributed by atoms with van der Waals surface area (Å²) in [6.45, 7) is 4.24. The molecule has 0 aliphatic carbocycles. The first kappa shape index (κ1) is 23.3. The lowest BCUT2D eigenvalue weighted by molar-refractivity contribution is -0.206. The molecule has 0 aromatic heterocycles. The van der Waals surface area contributed by atoms with Crippen molar-refractivity contribution in [3.8, 4) is 0 Å². The van der Waals surface area contributed by atoms with Crippen LogP contribution in [0.1, 0.15) is 31.9 Å². The Hall–Kier alpha value is -3.40. The molecule has 3 fully saturated rings. The Morgan fingerprint density at radius 2 is 1.77 bits per heavy atom. The van der Waals surface area contributed by atoms with Gasteiger partial charge in [0.2, 0.25) is 5.85 Å². The Bertz CT molecular complexity index is 1150. The lowest BCUT2D eigenvalue weighted by Crippen LogP contribution is -2.67. The lowest BCUT2D eigenvalue weighted by Gasteiger charge is -2.52. The van der Waals surface area contributed by atoms with E-state index >= 15 is 0 Å². The molecule has 2 bridgehead atoms. The molecular formula is C25H28N2O8. The second-order valence-corrected chi connectivity index (χ2v) is 9.47. The highest BCUT2D eigenvalue weighted by atomic mass is 16.6. The monoisotopic (exact) mass is 484 g/mol. The molecule has 1 aromatic rings. The number of esters is 3. The van der Waals surface area contributed by atoms with Crippen molar-refractivity contribution in [3.63, 3.8) is 0 Å². The van der Waals surface area contributed by atoms with E-state index in [4.69, 9.17) is 18.9 Å². The first-order valence-corrected chi connectivity index (χ1v) is 11.5. The van der Waals surface area contributed by atoms with E-state index in [1.165, 1.54) is 26.2 Å². The first-order chi connectivity index (χ1) is 16.7. The minimum Gasteiger partial charge on any atom is -0.469 e. The van der Waals surface area contributed by atoms with Gasteiger partial charge in [-0.2, -0.15) is 0 Å². The van der Waals surface area contributed by atoms with Gasteiger partial charge in [-0.05, 0) is 18.4 Å². The van der Waals surface area contributed by atoms with Crippen molar-refractivity contribution in [1.29, 1.82) is 0 Å². The maximum Gasteiger partial charge on any atom is 0.348 e. The molecule has 4 aliphatic rings. The number of hydrogen-bond donors (Lipinski definition) is 0. The number of rotatable bonds is 5. The molecule has 4 heterocycles. The van der Waals surface area contributed by atoms with Crippen molar-refractivity contribution in [1.82, 2.24) is 9.80 Å². The molecule has 1 aromatic carbocycles. The molecule has 3 saturated heterocycles. The maximum atomic E-state index is 14.3. The predicted octanol–water partition coefficient (Wildman–Crippen LogP) is 1.37. The van der Waals surface area contributed by atoms with E-state index in [9.17, 15) is 19.2 Å². The summed E-state index contributed by atoms with van der Waals surface area (Å²) < 4.78 is 21.7. The number of ether oxygens (including phenoxy) is 4. The van der Waals surface area contributed by atoms with Crippen molar-refractivity contribution in [3.05, 3.63) is 47.2 Å². The van der Waals surface area contributed by atoms with Crippen molar-refractivity contribution >= 4 is 23.8 Å². The molecule has 0 saturated carbocycles. The number of hydrogen-bond acceptors (Lipinski definition) is 9. The normalized spacial score (nSPS) is 34.7. The van der Waals surface area contributed by atoms with Crippen LogP contribution < -0.4 is 0 Å². The Kier molecular flexibility index (Phi) is 5.21. The molecule has 1 amide bonds. The molecule has 10 nitrogen and oxygen atoms in total. The smallest absolute Gasteiger partial charge is 0.348 e. The van der Waals surface area contributed by atoms with Crippen LogP contribution >= 0.6 is 0 Å². The second-order valence-electron chi connectivity index (χ2n) is 9.47. The number of benzene rings is 1. The van der Waals surface area contributed by atoms with Gasteiger partial charge >= 0.3 is 17.9 Å². The van der Waals surface area contributed by atoms with E-state index in [2.05, 4.69) is 0 Å². The van der Waals surface area contributed by atoms with E-state index in [0.29, 0.717) is 23.4 Å². The lowest BCUT2D eigenvalue weighted by atomic mass is 9.68. The highest BCUT2D eigenvalue weighted by Crippen LogP contribution is 2.68. The molecule has 35 heavy (non-hydrogen) atoms. The average Bonchev–Trinajstić information content (AvgIpc) is 3.43. The van der Waals surface area contributed by atoms with Crippen molar-refractivity contribution in [2.45, 2.75) is 37.8 Å². The number of nitrogens with zero attached hydrogens (tertiary/aromatic N) is 2. The fourth-order valence-electron chi connectivity index (χ4n) is 6.73. The fourth-order valence-corrected chi connectivity index (χ4v) is 6.73. The fraction of sp³-hybridized carbons (Fsp3) is 0.520. The van der Waals surface area contributed by atoms with Crippen molar-refractivity contribution in [2.75, 3.05) is 27.9 Å². The predicted molar refractivity (Wildman–Crippen MR) is 119 cm³/mol. The first-order valence-electron chi connectivity index (χ1n) is 11.5. The molecule has 6 atom stereocenters. The summed E-state index contributed by atoms with van der Waals surface area (Å²) in [5.74, 6) is -5.30. The zero-order chi connectivity index (χ0) is 25.3. The van der Waals surface area contributed by atoms with Crippen LogP contribution in [0.3, 0.4) is 0 Å². The molecule has 186 valence electrons. The van der Waals surface area contributed by atoms with Gasteiger partial charge in [-0.15, -0.1) is 0 Å². The molecule has 1 spiro atoms. The number of methoxy groups -OCH3 is 3. The summed E-state index contributed by atoms with van der Waals surface area (Å²) >= 11 is 0. The molecule has 10 heteroatoms. The molecule has 0 N–H and O–H groups in total. The van der Waals surface area contributed by atoms with E-state index in [0.717, 1.165) is 0 Å². The van der Waals surface area contributed by atoms with Gasteiger partial charge in [-0.3, -0.25) is 14.5 Å². The Labute approximate surface area is 202 Å². The Morgan fingerprint density at radius 1 is 1.09 bits per heavy atom. The molecular weight excluding hydrogens is 456 g/mol. The minimum absolute atomic E-state index is 0.0878. The molecule has 5 rings (SSSR count). The third-order valence-electron chi connectivity index (χ3n) is 8.00. The number of fused-ring (bicyclic) bond motifs is 1. The maximum absolute atomic E-state index is 14.3. The molecule has 0 unspecified atom stereocenters. The zero-order valence-electron chi connectivity index (χ0n) is 20.3. The molecule has 0 radical (unpaired) electrons. The summed E-state index contributed by atoms with van der Waals surface area (Å²) in [7, 11) is 3.74. The summed E-state index contributed by atoms with van der Waals surface area (Å²) in [5.41, 5.74) is -0.470. The summed E-state index contributed by atoms with van der Waals surface area (Å²) in [4.78, 5) is 56.6. The van der Waals surface area contributed by atoms with Gasteiger partial charge in [-0.25, -0.2) is 9.59 Å². The van der Waals surface area contributed by atoms with E-state index < -0.39 is 53.1 Å². The quantitative estimate of drug-likeness (QED) is 0.348. The molecule has 4 aliphatic heterocycles. The van der Waals surface area contributed by atoms with Crippen LogP contribution in [0, 0.1) is 17.8 Å². The van der Waals surface area contributed by atoms with E-state index in [1.807, 2.05) is 42.2 Å². The topological polar surface area (TPSA) is 112 Å². The summed E-state index contributed by atoms with van der Waals surface area (Å²) in [6, 6.07) is 8.24. The van der Waals surface area contributed by atoms with Crippen molar-refractivity contribution in [2.24, 2.45) is 17.8 Å². The van der Waals surface area contributed by atoms with E-state index in [-0.39, 0.29) is 12.3 Å². The minimum atomic E-state index is -2.04. The van der Waals surface area contributed by atoms with Gasteiger partial charge in [0.25, 0.3) is 11.5 Å². The summed E-state index contributed by atoms with van der Waals surface area (Å²) in [6.07, 6.45) is -0.182. The third-order valence-corrected chi connectivity index (χ3v) is 8.00. The van der Waals surface area contributed by atoms with Crippen molar-refractivity contribution < 1.29 is 38.1 Å². The van der Waals surface area contributed by atoms with Gasteiger partial charge in [0.1, 0.15) is 0 Å². The van der Waals surface area contributed by atoms with Gasteiger partial charge in [0.05, 0.1) is 39.4 Å². The van der Waals surface area contributed by atoms with E-state index in [1.54, 1.807) is 6.92 Å². The third kappa shape index (κ3) is 2.68. The van der Waals surface area contributed by atoms with Crippen LogP contribution in [0.15, 0.2) is 41.6 Å². The highest BCUT2D eigenvalue weighted by Gasteiger charge is 2.85. The SMILES string of the molecule is COC(=O)C[C@H]1[C@@H]2[C@H](C)CN3C(C)=C(C(=O)OC)[C@H](c4ccccc4)N4C(=O)[C@]1(C(=O)OC)O[C@]234. The van der Waals surface area contributed by atoms with Crippen LogP contribution in [-0.2, 0) is 38.1 Å². The zero-order valence-corrected chi connectivity index (χ0v) is 20.3. The number of piperidine rings is 1. The number of carbonyl (C=O) groups excluding carboxylic acids is 4. The standard InChI is InChI=1S/C25H28N2O8/c1-13-12-26-14(2)18(21(29)33-4)20(15-9-7-6-8-10-15)27-22(30)24(23(31)34-5)16(11-17(28)32-3)19(13)25(26,27)35-24/h6-10,13,16,19-20H,11-12H2,1-5H3/t13-,16+,19+,20+,24-,25-/m1/s1. The number of amides is 1. The Balaban J connectivity index is 1.80. The van der Waals surface area contributed by atoms with Gasteiger partial charge in [-0.1, -0.05) is 37.3 Å².